The summed E-state index contributed by atoms with van der Waals surface area (Å²) < 4.78 is 0. The maximum Gasteiger partial charge on any atom is 0.0454 e. The number of hydrogen-bond acceptors (Lipinski definition) is 2. The van der Waals surface area contributed by atoms with Crippen LogP contribution in [0.5, 0.6) is 0 Å². The first kappa shape index (κ1) is 16.5. The number of rotatable bonds is 8. The van der Waals surface area contributed by atoms with Crippen molar-refractivity contribution in [2.24, 2.45) is 0 Å². The number of nitrogens with one attached hydrogen (secondary N) is 1. The molecule has 1 aliphatic rings. The zero-order chi connectivity index (χ0) is 15.4. The molecule has 1 saturated carbocycles. The predicted molar refractivity (Wildman–Crippen MR) is 92.0 cm³/mol. The van der Waals surface area contributed by atoms with Gasteiger partial charge in [-0.2, -0.15) is 0 Å². The van der Waals surface area contributed by atoms with Crippen molar-refractivity contribution < 1.29 is 0 Å². The topological polar surface area (TPSA) is 15.3 Å². The van der Waals surface area contributed by atoms with Gasteiger partial charge in [-0.3, -0.25) is 4.90 Å². The first-order valence-corrected chi connectivity index (χ1v) is 8.62. The fourth-order valence-electron chi connectivity index (χ4n) is 3.63. The largest absolute Gasteiger partial charge is 0.309 e. The van der Waals surface area contributed by atoms with Crippen molar-refractivity contribution in [3.05, 3.63) is 34.4 Å². The minimum absolute atomic E-state index is 0.461. The zero-order valence-corrected chi connectivity index (χ0v) is 14.5. The molecule has 21 heavy (non-hydrogen) atoms. The fourth-order valence-corrected chi connectivity index (χ4v) is 3.63. The van der Waals surface area contributed by atoms with E-state index in [0.29, 0.717) is 6.04 Å². The average Bonchev–Trinajstić information content (AvgIpc) is 3.21. The standard InChI is InChI=1S/C19H32N2/c1-6-10-21(17-8-9-17)13-18(20-7-2)19-15(4)11-14(3)12-16(19)5/h11-12,17-18,20H,6-10,13H2,1-5H3. The van der Waals surface area contributed by atoms with Crippen molar-refractivity contribution in [2.75, 3.05) is 19.6 Å². The molecule has 0 amide bonds. The summed E-state index contributed by atoms with van der Waals surface area (Å²) in [5.41, 5.74) is 5.76. The van der Waals surface area contributed by atoms with Crippen molar-refractivity contribution in [3.8, 4) is 0 Å². The van der Waals surface area contributed by atoms with Gasteiger partial charge in [-0.05, 0) is 69.8 Å². The first-order valence-electron chi connectivity index (χ1n) is 8.62. The predicted octanol–water partition coefficient (Wildman–Crippen LogP) is 4.14. The molecular weight excluding hydrogens is 256 g/mol. The van der Waals surface area contributed by atoms with Gasteiger partial charge in [0.1, 0.15) is 0 Å². The average molecular weight is 288 g/mol. The van der Waals surface area contributed by atoms with Crippen LogP contribution in [0.2, 0.25) is 0 Å². The number of likely N-dealkylation sites (N-methyl/N-ethyl adjacent to an activating group) is 1. The molecule has 1 aliphatic carbocycles. The maximum atomic E-state index is 3.73. The van der Waals surface area contributed by atoms with E-state index in [1.54, 1.807) is 0 Å². The Hall–Kier alpha value is -0.860. The molecule has 0 spiro atoms. The van der Waals surface area contributed by atoms with Crippen LogP contribution >= 0.6 is 0 Å². The third kappa shape index (κ3) is 4.31. The minimum atomic E-state index is 0.461. The summed E-state index contributed by atoms with van der Waals surface area (Å²) >= 11 is 0. The van der Waals surface area contributed by atoms with Crippen molar-refractivity contribution in [1.29, 1.82) is 0 Å². The van der Waals surface area contributed by atoms with Crippen LogP contribution in [-0.4, -0.2) is 30.6 Å². The van der Waals surface area contributed by atoms with Gasteiger partial charge in [0.15, 0.2) is 0 Å². The second kappa shape index (κ2) is 7.42. The van der Waals surface area contributed by atoms with E-state index in [1.165, 1.54) is 48.1 Å². The SMILES string of the molecule is CCCN(CC(NCC)c1c(C)cc(C)cc1C)C1CC1. The molecule has 1 aromatic carbocycles. The summed E-state index contributed by atoms with van der Waals surface area (Å²) in [4.78, 5) is 2.70. The van der Waals surface area contributed by atoms with Gasteiger partial charge in [0, 0.05) is 18.6 Å². The third-order valence-electron chi connectivity index (χ3n) is 4.53. The third-order valence-corrected chi connectivity index (χ3v) is 4.53. The van der Waals surface area contributed by atoms with E-state index in [0.717, 1.165) is 19.1 Å². The number of hydrogen-bond donors (Lipinski definition) is 1. The second-order valence-corrected chi connectivity index (χ2v) is 6.65. The van der Waals surface area contributed by atoms with Crippen molar-refractivity contribution in [1.82, 2.24) is 10.2 Å². The van der Waals surface area contributed by atoms with Gasteiger partial charge >= 0.3 is 0 Å². The molecule has 0 radical (unpaired) electrons. The number of benzene rings is 1. The lowest BCUT2D eigenvalue weighted by atomic mass is 9.93. The lowest BCUT2D eigenvalue weighted by molar-refractivity contribution is 0.233. The molecule has 2 nitrogen and oxygen atoms in total. The van der Waals surface area contributed by atoms with Crippen LogP contribution in [0.25, 0.3) is 0 Å². The van der Waals surface area contributed by atoms with E-state index >= 15 is 0 Å². The Morgan fingerprint density at radius 1 is 1.14 bits per heavy atom. The van der Waals surface area contributed by atoms with Crippen LogP contribution in [-0.2, 0) is 0 Å². The van der Waals surface area contributed by atoms with Gasteiger partial charge in [0.2, 0.25) is 0 Å². The van der Waals surface area contributed by atoms with Gasteiger partial charge in [-0.15, -0.1) is 0 Å². The molecule has 0 aliphatic heterocycles. The molecule has 1 atom stereocenters. The summed E-state index contributed by atoms with van der Waals surface area (Å²) in [5.74, 6) is 0. The first-order chi connectivity index (χ1) is 10.1. The highest BCUT2D eigenvalue weighted by atomic mass is 15.2. The normalized spacial score (nSPS) is 16.5. The molecule has 0 saturated heterocycles. The Labute approximate surface area is 130 Å². The van der Waals surface area contributed by atoms with Gasteiger partial charge in [0.25, 0.3) is 0 Å². The summed E-state index contributed by atoms with van der Waals surface area (Å²) in [5, 5.41) is 3.73. The van der Waals surface area contributed by atoms with Crippen LogP contribution in [0.3, 0.4) is 0 Å². The van der Waals surface area contributed by atoms with Gasteiger partial charge in [-0.1, -0.05) is 31.5 Å². The quantitative estimate of drug-likeness (QED) is 0.773. The van der Waals surface area contributed by atoms with Gasteiger partial charge in [-0.25, -0.2) is 0 Å². The fraction of sp³-hybridized carbons (Fsp3) is 0.684. The van der Waals surface area contributed by atoms with Crippen molar-refractivity contribution >= 4 is 0 Å². The Morgan fingerprint density at radius 3 is 2.24 bits per heavy atom. The molecule has 0 aromatic heterocycles. The monoisotopic (exact) mass is 288 g/mol. The van der Waals surface area contributed by atoms with Gasteiger partial charge < -0.3 is 5.32 Å². The van der Waals surface area contributed by atoms with Gasteiger partial charge in [0.05, 0.1) is 0 Å². The molecule has 1 aromatic rings. The molecule has 118 valence electrons. The highest BCUT2D eigenvalue weighted by Crippen LogP contribution is 2.31. The maximum absolute atomic E-state index is 3.73. The summed E-state index contributed by atoms with van der Waals surface area (Å²) in [6.45, 7) is 14.6. The number of nitrogens with zero attached hydrogens (tertiary/aromatic N) is 1. The smallest absolute Gasteiger partial charge is 0.0454 e. The summed E-state index contributed by atoms with van der Waals surface area (Å²) in [7, 11) is 0. The molecule has 1 unspecified atom stereocenters. The Kier molecular flexibility index (Phi) is 5.83. The Morgan fingerprint density at radius 2 is 1.76 bits per heavy atom. The second-order valence-electron chi connectivity index (χ2n) is 6.65. The summed E-state index contributed by atoms with van der Waals surface area (Å²) in [6, 6.07) is 5.96. The molecule has 0 heterocycles. The zero-order valence-electron chi connectivity index (χ0n) is 14.5. The lowest BCUT2D eigenvalue weighted by Gasteiger charge is -2.30. The van der Waals surface area contributed by atoms with Crippen molar-refractivity contribution in [3.63, 3.8) is 0 Å². The van der Waals surface area contributed by atoms with E-state index in [2.05, 4.69) is 57.0 Å². The summed E-state index contributed by atoms with van der Waals surface area (Å²) in [6.07, 6.45) is 4.04. The van der Waals surface area contributed by atoms with E-state index in [1.807, 2.05) is 0 Å². The Balaban J connectivity index is 2.21. The van der Waals surface area contributed by atoms with E-state index in [9.17, 15) is 0 Å². The molecule has 1 N–H and O–H groups in total. The van der Waals surface area contributed by atoms with E-state index in [4.69, 9.17) is 0 Å². The van der Waals surface area contributed by atoms with Crippen molar-refractivity contribution in [2.45, 2.75) is 66.0 Å². The number of aryl methyl sites for hydroxylation is 3. The van der Waals surface area contributed by atoms with Crippen LogP contribution < -0.4 is 5.32 Å². The molecule has 0 bridgehead atoms. The minimum Gasteiger partial charge on any atom is -0.309 e. The van der Waals surface area contributed by atoms with E-state index < -0.39 is 0 Å². The molecular formula is C19H32N2. The molecule has 1 fully saturated rings. The highest BCUT2D eigenvalue weighted by Gasteiger charge is 2.30. The highest BCUT2D eigenvalue weighted by molar-refractivity contribution is 5.40. The van der Waals surface area contributed by atoms with Crippen LogP contribution in [0, 0.1) is 20.8 Å². The Bertz CT molecular complexity index is 440. The molecule has 2 rings (SSSR count). The van der Waals surface area contributed by atoms with Crippen LogP contribution in [0.15, 0.2) is 12.1 Å². The van der Waals surface area contributed by atoms with E-state index in [-0.39, 0.29) is 0 Å². The van der Waals surface area contributed by atoms with Crippen LogP contribution in [0.1, 0.15) is 61.4 Å². The molecule has 2 heteroatoms. The lowest BCUT2D eigenvalue weighted by Crippen LogP contribution is -2.37. The van der Waals surface area contributed by atoms with Crippen LogP contribution in [0.4, 0.5) is 0 Å².